The van der Waals surface area contributed by atoms with E-state index in [0.717, 1.165) is 0 Å². The minimum Gasteiger partial charge on any atom is -0.422 e. The Kier molecular flexibility index (Phi) is 6.27. The van der Waals surface area contributed by atoms with Crippen LogP contribution in [0.5, 0.6) is 11.5 Å². The molecule has 152 valence electrons. The summed E-state index contributed by atoms with van der Waals surface area (Å²) in [6, 6.07) is 23.2. The molecule has 0 spiro atoms. The lowest BCUT2D eigenvalue weighted by atomic mass is 10.2. The fourth-order valence-corrected chi connectivity index (χ4v) is 6.02. The smallest absolute Gasteiger partial charge is 0.422 e. The monoisotopic (exact) mass is 434 g/mol. The topological polar surface area (TPSA) is 113 Å². The highest BCUT2D eigenvalue weighted by atomic mass is 31.2. The van der Waals surface area contributed by atoms with Crippen LogP contribution in [-0.2, 0) is 15.6 Å². The summed E-state index contributed by atoms with van der Waals surface area (Å²) in [7, 11) is -10.3. The number of para-hydroxylation sites is 2. The molecule has 3 aromatic carbocycles. The lowest BCUT2D eigenvalue weighted by Gasteiger charge is -2.34. The molecular formula is C20H20O7P2. The zero-order chi connectivity index (χ0) is 21.0. The Bertz CT molecular complexity index is 965. The molecule has 3 aromatic rings. The Morgan fingerprint density at radius 1 is 0.655 bits per heavy atom. The van der Waals surface area contributed by atoms with Gasteiger partial charge >= 0.3 is 15.2 Å². The van der Waals surface area contributed by atoms with Gasteiger partial charge in [-0.1, -0.05) is 66.7 Å². The minimum atomic E-state index is -5.14. The molecule has 0 amide bonds. The van der Waals surface area contributed by atoms with Gasteiger partial charge in [0.15, 0.2) is 0 Å². The molecule has 7 nitrogen and oxygen atoms in total. The first-order chi connectivity index (χ1) is 13.7. The molecule has 0 saturated heterocycles. The number of benzene rings is 3. The van der Waals surface area contributed by atoms with Gasteiger partial charge in [-0.15, -0.1) is 0 Å². The molecule has 0 fully saturated rings. The van der Waals surface area contributed by atoms with E-state index in [4.69, 9.17) is 9.05 Å². The highest BCUT2D eigenvalue weighted by Crippen LogP contribution is 2.72. The molecule has 0 radical (unpaired) electrons. The van der Waals surface area contributed by atoms with E-state index in [9.17, 15) is 24.0 Å². The Morgan fingerprint density at radius 2 is 1.00 bits per heavy atom. The molecule has 2 atom stereocenters. The summed E-state index contributed by atoms with van der Waals surface area (Å²) in [5.74, 6) is -0.0749. The second-order valence-electron chi connectivity index (χ2n) is 6.29. The van der Waals surface area contributed by atoms with Crippen LogP contribution in [-0.4, -0.2) is 20.0 Å². The van der Waals surface area contributed by atoms with Crippen molar-refractivity contribution >= 4 is 15.2 Å². The van der Waals surface area contributed by atoms with E-state index in [1.807, 2.05) is 0 Å². The summed E-state index contributed by atoms with van der Waals surface area (Å²) in [4.78, 5) is 21.3. The summed E-state index contributed by atoms with van der Waals surface area (Å²) in [5, 5.41) is 8.05. The van der Waals surface area contributed by atoms with Gasteiger partial charge in [0, 0.05) is 6.42 Å². The molecule has 3 N–H and O–H groups in total. The molecule has 9 heteroatoms. The van der Waals surface area contributed by atoms with Crippen molar-refractivity contribution in [2.75, 3.05) is 0 Å². The van der Waals surface area contributed by atoms with E-state index in [0.29, 0.717) is 5.56 Å². The number of hydrogen-bond acceptors (Lipinski definition) is 5. The van der Waals surface area contributed by atoms with E-state index in [-0.39, 0.29) is 11.5 Å². The van der Waals surface area contributed by atoms with Crippen molar-refractivity contribution in [1.82, 2.24) is 0 Å². The van der Waals surface area contributed by atoms with Crippen LogP contribution in [0.1, 0.15) is 5.56 Å². The Hall–Kier alpha value is -2.40. The molecule has 29 heavy (non-hydrogen) atoms. The highest BCUT2D eigenvalue weighted by Gasteiger charge is 2.64. The van der Waals surface area contributed by atoms with Crippen LogP contribution < -0.4 is 9.05 Å². The maximum absolute atomic E-state index is 13.1. The minimum absolute atomic E-state index is 0.0375. The highest BCUT2D eigenvalue weighted by molar-refractivity contribution is 7.73. The van der Waals surface area contributed by atoms with Gasteiger partial charge < -0.3 is 23.9 Å². The van der Waals surface area contributed by atoms with Crippen LogP contribution in [0.2, 0.25) is 0 Å². The summed E-state index contributed by atoms with van der Waals surface area (Å²) >= 11 is 0. The Labute approximate surface area is 168 Å². The van der Waals surface area contributed by atoms with E-state index in [1.54, 1.807) is 66.7 Å². The average molecular weight is 434 g/mol. The molecule has 0 aromatic heterocycles. The van der Waals surface area contributed by atoms with Crippen molar-refractivity contribution in [3.8, 4) is 11.5 Å². The molecule has 0 heterocycles. The van der Waals surface area contributed by atoms with Gasteiger partial charge in [-0.2, -0.15) is 0 Å². The van der Waals surface area contributed by atoms with Crippen LogP contribution in [0.3, 0.4) is 0 Å². The summed E-state index contributed by atoms with van der Waals surface area (Å²) in [6.45, 7) is 0. The lowest BCUT2D eigenvalue weighted by Crippen LogP contribution is -2.35. The second kappa shape index (κ2) is 8.54. The van der Waals surface area contributed by atoms with Crippen molar-refractivity contribution in [3.05, 3.63) is 96.6 Å². The van der Waals surface area contributed by atoms with Crippen LogP contribution in [0.15, 0.2) is 91.0 Å². The first kappa shape index (κ1) is 21.3. The quantitative estimate of drug-likeness (QED) is 0.450. The fourth-order valence-electron chi connectivity index (χ4n) is 2.62. The third-order valence-electron chi connectivity index (χ3n) is 4.13. The molecule has 0 bridgehead atoms. The summed E-state index contributed by atoms with van der Waals surface area (Å²) in [6.07, 6.45) is -0.644. The van der Waals surface area contributed by atoms with Crippen molar-refractivity contribution in [2.24, 2.45) is 0 Å². The van der Waals surface area contributed by atoms with Crippen molar-refractivity contribution in [1.29, 1.82) is 0 Å². The maximum atomic E-state index is 13.1. The lowest BCUT2D eigenvalue weighted by molar-refractivity contribution is 0.135. The van der Waals surface area contributed by atoms with Gasteiger partial charge in [0.25, 0.3) is 5.08 Å². The van der Waals surface area contributed by atoms with Gasteiger partial charge in [-0.3, -0.25) is 0 Å². The predicted octanol–water partition coefficient (Wildman–Crippen LogP) is 4.40. The van der Waals surface area contributed by atoms with Crippen molar-refractivity contribution in [2.45, 2.75) is 11.5 Å². The van der Waals surface area contributed by atoms with E-state index in [1.165, 1.54) is 24.3 Å². The van der Waals surface area contributed by atoms with Gasteiger partial charge in [-0.05, 0) is 29.8 Å². The van der Waals surface area contributed by atoms with Crippen molar-refractivity contribution in [3.63, 3.8) is 0 Å². The largest absolute Gasteiger partial charge is 0.422 e. The SMILES string of the molecule is O=P(O)(Oc1ccccc1)C(O)(Cc1ccccc1)P(=O)(O)Oc1ccccc1. The first-order valence-electron chi connectivity index (χ1n) is 8.65. The fraction of sp³-hybridized carbons (Fsp3) is 0.100. The zero-order valence-electron chi connectivity index (χ0n) is 15.2. The van der Waals surface area contributed by atoms with Gasteiger partial charge in [0.1, 0.15) is 11.5 Å². The molecule has 0 saturated carbocycles. The van der Waals surface area contributed by atoms with Crippen LogP contribution in [0, 0.1) is 0 Å². The summed E-state index contributed by atoms with van der Waals surface area (Å²) in [5.41, 5.74) is 0.354. The molecule has 3 rings (SSSR count). The summed E-state index contributed by atoms with van der Waals surface area (Å²) < 4.78 is 36.5. The third kappa shape index (κ3) is 4.78. The van der Waals surface area contributed by atoms with E-state index >= 15 is 0 Å². The number of rotatable bonds is 8. The maximum Gasteiger partial charge on any atom is 0.422 e. The standard InChI is InChI=1S/C20H20O7P2/c21-20(16-17-10-4-1-5-11-17,28(22,23)26-18-12-6-2-7-13-18)29(24,25)27-19-14-8-3-9-15-19/h1-15,21H,16H2,(H,22,23)(H,24,25). The molecular weight excluding hydrogens is 414 g/mol. The first-order valence-corrected chi connectivity index (χ1v) is 11.8. The third-order valence-corrected chi connectivity index (χ3v) is 8.69. The number of hydrogen-bond donors (Lipinski definition) is 3. The predicted molar refractivity (Wildman–Crippen MR) is 109 cm³/mol. The molecule has 2 unspecified atom stereocenters. The second-order valence-corrected chi connectivity index (χ2v) is 10.6. The Balaban J connectivity index is 2.03. The van der Waals surface area contributed by atoms with E-state index in [2.05, 4.69) is 0 Å². The molecule has 0 aliphatic carbocycles. The Morgan fingerprint density at radius 3 is 1.38 bits per heavy atom. The van der Waals surface area contributed by atoms with Crippen LogP contribution in [0.4, 0.5) is 0 Å². The molecule has 0 aliphatic heterocycles. The zero-order valence-corrected chi connectivity index (χ0v) is 17.0. The molecule has 0 aliphatic rings. The van der Waals surface area contributed by atoms with Gasteiger partial charge in [-0.25, -0.2) is 9.13 Å². The number of aliphatic hydroxyl groups is 1. The normalized spacial score (nSPS) is 17.3. The average Bonchev–Trinajstić information content (AvgIpc) is 2.69. The van der Waals surface area contributed by atoms with Gasteiger partial charge in [0.2, 0.25) is 0 Å². The van der Waals surface area contributed by atoms with Crippen LogP contribution >= 0.6 is 15.2 Å². The van der Waals surface area contributed by atoms with Crippen LogP contribution in [0.25, 0.3) is 0 Å². The van der Waals surface area contributed by atoms with Gasteiger partial charge in [0.05, 0.1) is 0 Å². The van der Waals surface area contributed by atoms with Crippen molar-refractivity contribution < 1.29 is 33.1 Å². The van der Waals surface area contributed by atoms with E-state index < -0.39 is 26.7 Å².